The van der Waals surface area contributed by atoms with Crippen LogP contribution in [0.1, 0.15) is 19.4 Å². The standard InChI is InChI=1S/C26H23Cl2N5O5/c1-26(2,22(34)35)15-33-24(36)31-23(32(25(33)37)14-16-3-5-17(27)6-4-16)30-19-7-9-20(10-8-19)38-21-11-18(28)12-29-13-21/h3-13H,14-15H2,1-2H3,(H,34,35)(H,30,31,36). The lowest BCUT2D eigenvalue weighted by Gasteiger charge is -2.21. The number of anilines is 2. The number of hydrogen-bond donors (Lipinski definition) is 2. The first-order valence-electron chi connectivity index (χ1n) is 11.4. The summed E-state index contributed by atoms with van der Waals surface area (Å²) in [5, 5.41) is 13.5. The highest BCUT2D eigenvalue weighted by Crippen LogP contribution is 2.25. The summed E-state index contributed by atoms with van der Waals surface area (Å²) in [5.74, 6) is -0.180. The van der Waals surface area contributed by atoms with Gasteiger partial charge in [-0.15, -0.1) is 0 Å². The van der Waals surface area contributed by atoms with Gasteiger partial charge in [0.15, 0.2) is 0 Å². The van der Waals surface area contributed by atoms with Crippen molar-refractivity contribution in [2.24, 2.45) is 5.41 Å². The van der Waals surface area contributed by atoms with Crippen LogP contribution in [-0.4, -0.2) is 30.2 Å². The highest BCUT2D eigenvalue weighted by Gasteiger charge is 2.30. The van der Waals surface area contributed by atoms with E-state index in [4.69, 9.17) is 27.9 Å². The fourth-order valence-corrected chi connectivity index (χ4v) is 3.75. The lowest BCUT2D eigenvalue weighted by atomic mass is 9.94. The highest BCUT2D eigenvalue weighted by molar-refractivity contribution is 6.30. The summed E-state index contributed by atoms with van der Waals surface area (Å²) < 4.78 is 7.83. The van der Waals surface area contributed by atoms with Gasteiger partial charge >= 0.3 is 17.3 Å². The fourth-order valence-electron chi connectivity index (χ4n) is 3.46. The van der Waals surface area contributed by atoms with Crippen LogP contribution in [0.5, 0.6) is 11.5 Å². The molecular weight excluding hydrogens is 533 g/mol. The van der Waals surface area contributed by atoms with Crippen molar-refractivity contribution in [1.82, 2.24) is 19.1 Å². The topological polar surface area (TPSA) is 128 Å². The average Bonchev–Trinajstić information content (AvgIpc) is 2.86. The Kier molecular flexibility index (Phi) is 7.84. The van der Waals surface area contributed by atoms with Crippen LogP contribution in [-0.2, 0) is 17.9 Å². The van der Waals surface area contributed by atoms with Crippen molar-refractivity contribution < 1.29 is 14.6 Å². The van der Waals surface area contributed by atoms with Gasteiger partial charge in [0.2, 0.25) is 5.95 Å². The SMILES string of the molecule is CC(C)(Cn1c(=O)nc(Nc2ccc(Oc3cncc(Cl)c3)cc2)n(Cc2ccc(Cl)cc2)c1=O)C(=O)O. The first-order chi connectivity index (χ1) is 18.0. The maximum atomic E-state index is 13.4. The zero-order valence-corrected chi connectivity index (χ0v) is 21.9. The predicted molar refractivity (Wildman–Crippen MR) is 144 cm³/mol. The van der Waals surface area contributed by atoms with Crippen LogP contribution in [0.15, 0.2) is 76.6 Å². The van der Waals surface area contributed by atoms with Gasteiger partial charge in [0.25, 0.3) is 0 Å². The summed E-state index contributed by atoms with van der Waals surface area (Å²) in [5.41, 5.74) is -1.69. The molecule has 2 heterocycles. The van der Waals surface area contributed by atoms with E-state index in [1.807, 2.05) is 0 Å². The van der Waals surface area contributed by atoms with Crippen molar-refractivity contribution in [3.8, 4) is 11.5 Å². The van der Waals surface area contributed by atoms with Crippen LogP contribution in [0.2, 0.25) is 10.0 Å². The van der Waals surface area contributed by atoms with E-state index in [-0.39, 0.29) is 19.0 Å². The van der Waals surface area contributed by atoms with Crippen LogP contribution in [0, 0.1) is 5.41 Å². The number of hydrogen-bond acceptors (Lipinski definition) is 7. The Hall–Kier alpha value is -4.15. The molecule has 0 saturated heterocycles. The molecule has 0 radical (unpaired) electrons. The minimum absolute atomic E-state index is 0.00737. The fraction of sp³-hybridized carbons (Fsp3) is 0.192. The summed E-state index contributed by atoms with van der Waals surface area (Å²) in [4.78, 5) is 46.0. The quantitative estimate of drug-likeness (QED) is 0.301. The summed E-state index contributed by atoms with van der Waals surface area (Å²) in [6, 6.07) is 15.2. The molecule has 0 aliphatic heterocycles. The molecule has 12 heteroatoms. The molecule has 38 heavy (non-hydrogen) atoms. The Morgan fingerprint density at radius 3 is 2.29 bits per heavy atom. The highest BCUT2D eigenvalue weighted by atomic mass is 35.5. The Bertz CT molecular complexity index is 1580. The first-order valence-corrected chi connectivity index (χ1v) is 12.1. The molecule has 0 amide bonds. The molecule has 0 spiro atoms. The minimum atomic E-state index is -1.37. The molecule has 0 bridgehead atoms. The van der Waals surface area contributed by atoms with E-state index in [2.05, 4.69) is 15.3 Å². The van der Waals surface area contributed by atoms with Crippen LogP contribution in [0.4, 0.5) is 11.6 Å². The second-order valence-corrected chi connectivity index (χ2v) is 9.95. The zero-order valence-electron chi connectivity index (χ0n) is 20.4. The molecule has 4 rings (SSSR count). The van der Waals surface area contributed by atoms with Gasteiger partial charge in [-0.05, 0) is 55.8 Å². The van der Waals surface area contributed by atoms with Crippen molar-refractivity contribution in [2.45, 2.75) is 26.9 Å². The Morgan fingerprint density at radius 1 is 0.974 bits per heavy atom. The monoisotopic (exact) mass is 555 g/mol. The second-order valence-electron chi connectivity index (χ2n) is 9.08. The van der Waals surface area contributed by atoms with Gasteiger partial charge in [0, 0.05) is 29.5 Å². The van der Waals surface area contributed by atoms with Crippen LogP contribution >= 0.6 is 23.2 Å². The third-order valence-corrected chi connectivity index (χ3v) is 6.02. The average molecular weight is 556 g/mol. The number of aromatic nitrogens is 4. The van der Waals surface area contributed by atoms with Crippen LogP contribution < -0.4 is 21.4 Å². The Balaban J connectivity index is 1.68. The van der Waals surface area contributed by atoms with Crippen molar-refractivity contribution in [3.05, 3.63) is 104 Å². The number of ether oxygens (including phenoxy) is 1. The second kappa shape index (κ2) is 11.1. The van der Waals surface area contributed by atoms with Crippen LogP contribution in [0.25, 0.3) is 0 Å². The van der Waals surface area contributed by atoms with Crippen molar-refractivity contribution in [2.75, 3.05) is 5.32 Å². The molecule has 0 aliphatic rings. The number of carbonyl (C=O) groups is 1. The van der Waals surface area contributed by atoms with Gasteiger partial charge in [-0.2, -0.15) is 4.98 Å². The number of halogens is 2. The summed E-state index contributed by atoms with van der Waals surface area (Å²) >= 11 is 11.9. The normalized spacial score (nSPS) is 11.3. The molecule has 0 saturated carbocycles. The molecule has 0 fully saturated rings. The molecular formula is C26H23Cl2N5O5. The maximum Gasteiger partial charge on any atom is 0.354 e. The van der Waals surface area contributed by atoms with Crippen molar-refractivity contribution in [3.63, 3.8) is 0 Å². The number of nitrogens with zero attached hydrogens (tertiary/aromatic N) is 4. The number of aliphatic carboxylic acids is 1. The largest absolute Gasteiger partial charge is 0.481 e. The van der Waals surface area contributed by atoms with Gasteiger partial charge in [-0.3, -0.25) is 14.3 Å². The molecule has 2 aromatic carbocycles. The molecule has 2 aromatic heterocycles. The number of rotatable bonds is 9. The maximum absolute atomic E-state index is 13.4. The molecule has 0 unspecified atom stereocenters. The van der Waals surface area contributed by atoms with E-state index in [0.717, 1.165) is 10.1 Å². The summed E-state index contributed by atoms with van der Waals surface area (Å²) in [6.45, 7) is 2.57. The molecule has 0 aliphatic carbocycles. The molecule has 196 valence electrons. The summed E-state index contributed by atoms with van der Waals surface area (Å²) in [6.07, 6.45) is 3.02. The van der Waals surface area contributed by atoms with Gasteiger partial charge in [0.1, 0.15) is 11.5 Å². The van der Waals surface area contributed by atoms with E-state index in [9.17, 15) is 19.5 Å². The number of benzene rings is 2. The van der Waals surface area contributed by atoms with Crippen molar-refractivity contribution in [1.29, 1.82) is 0 Å². The van der Waals surface area contributed by atoms with Crippen molar-refractivity contribution >= 4 is 40.8 Å². The zero-order chi connectivity index (χ0) is 27.4. The number of carboxylic acids is 1. The van der Waals surface area contributed by atoms with E-state index >= 15 is 0 Å². The predicted octanol–water partition coefficient (Wildman–Crippen LogP) is 4.80. The number of pyridine rings is 1. The minimum Gasteiger partial charge on any atom is -0.481 e. The molecule has 2 N–H and O–H groups in total. The molecule has 10 nitrogen and oxygen atoms in total. The third-order valence-electron chi connectivity index (χ3n) is 5.56. The van der Waals surface area contributed by atoms with Gasteiger partial charge in [-0.1, -0.05) is 35.3 Å². The smallest absolute Gasteiger partial charge is 0.354 e. The van der Waals surface area contributed by atoms with Gasteiger partial charge in [0.05, 0.1) is 23.2 Å². The first kappa shape index (κ1) is 26.9. The lowest BCUT2D eigenvalue weighted by molar-refractivity contribution is -0.147. The third kappa shape index (κ3) is 6.39. The van der Waals surface area contributed by atoms with Gasteiger partial charge in [-0.25, -0.2) is 14.2 Å². The summed E-state index contributed by atoms with van der Waals surface area (Å²) in [7, 11) is 0. The molecule has 0 atom stereocenters. The van der Waals surface area contributed by atoms with E-state index in [0.29, 0.717) is 27.2 Å². The van der Waals surface area contributed by atoms with Crippen LogP contribution in [0.3, 0.4) is 0 Å². The Morgan fingerprint density at radius 2 is 1.66 bits per heavy atom. The van der Waals surface area contributed by atoms with E-state index in [1.165, 1.54) is 30.8 Å². The lowest BCUT2D eigenvalue weighted by Crippen LogP contribution is -2.46. The number of carboxylic acid groups (broad SMARTS) is 1. The van der Waals surface area contributed by atoms with Gasteiger partial charge < -0.3 is 15.2 Å². The van der Waals surface area contributed by atoms with E-state index in [1.54, 1.807) is 54.6 Å². The number of nitrogens with one attached hydrogen (secondary N) is 1. The Labute approximate surface area is 227 Å². The van der Waals surface area contributed by atoms with E-state index < -0.39 is 22.8 Å². The molecule has 4 aromatic rings.